The van der Waals surface area contributed by atoms with Crippen molar-refractivity contribution in [3.63, 3.8) is 0 Å². The molecule has 0 aromatic heterocycles. The van der Waals surface area contributed by atoms with Crippen LogP contribution in [0.1, 0.15) is 59.3 Å². The average molecular weight is 227 g/mol. The molecule has 3 heteroatoms. The minimum absolute atomic E-state index is 0.211. The quantitative estimate of drug-likeness (QED) is 0.776. The average Bonchev–Trinajstić information content (AvgIpc) is 2.15. The van der Waals surface area contributed by atoms with Gasteiger partial charge >= 0.3 is 5.97 Å². The Bertz CT molecular complexity index is 257. The lowest BCUT2D eigenvalue weighted by Gasteiger charge is -2.49. The summed E-state index contributed by atoms with van der Waals surface area (Å²) in [6.07, 6.45) is 5.63. The van der Waals surface area contributed by atoms with E-state index < -0.39 is 11.5 Å². The Kier molecular flexibility index (Phi) is 4.00. The van der Waals surface area contributed by atoms with E-state index in [1.807, 2.05) is 13.8 Å². The Hall–Kier alpha value is -0.570. The van der Waals surface area contributed by atoms with Crippen LogP contribution in [0.4, 0.5) is 0 Å². The van der Waals surface area contributed by atoms with Crippen molar-refractivity contribution in [2.45, 2.75) is 64.8 Å². The van der Waals surface area contributed by atoms with Gasteiger partial charge in [0.1, 0.15) is 0 Å². The predicted molar refractivity (Wildman–Crippen MR) is 65.2 cm³/mol. The Labute approximate surface area is 98.4 Å². The zero-order chi connectivity index (χ0) is 12.4. The van der Waals surface area contributed by atoms with E-state index >= 15 is 0 Å². The Morgan fingerprint density at radius 2 is 2.19 bits per heavy atom. The van der Waals surface area contributed by atoms with Crippen molar-refractivity contribution >= 4 is 5.97 Å². The van der Waals surface area contributed by atoms with E-state index in [0.717, 1.165) is 25.7 Å². The van der Waals surface area contributed by atoms with Crippen LogP contribution in [0.15, 0.2) is 0 Å². The lowest BCUT2D eigenvalue weighted by atomic mass is 9.58. The molecule has 0 radical (unpaired) electrons. The molecule has 16 heavy (non-hydrogen) atoms. The standard InChI is InChI=1S/C13H25NO2/c1-4-10-6-5-7-13(8-10,9-11(15)16)12(2,3)14/h10H,4-9,14H2,1-3H3,(H,15,16). The molecule has 2 unspecified atom stereocenters. The molecule has 0 amide bonds. The maximum absolute atomic E-state index is 11.1. The first-order valence-electron chi connectivity index (χ1n) is 6.31. The molecule has 3 N–H and O–H groups in total. The number of carbonyl (C=O) groups is 1. The van der Waals surface area contributed by atoms with Gasteiger partial charge in [-0.3, -0.25) is 4.79 Å². The summed E-state index contributed by atoms with van der Waals surface area (Å²) in [4.78, 5) is 11.1. The summed E-state index contributed by atoms with van der Waals surface area (Å²) in [6.45, 7) is 6.15. The van der Waals surface area contributed by atoms with Gasteiger partial charge in [-0.1, -0.05) is 26.2 Å². The van der Waals surface area contributed by atoms with E-state index in [1.54, 1.807) is 0 Å². The Balaban J connectivity index is 2.90. The summed E-state index contributed by atoms with van der Waals surface area (Å²) in [5, 5.41) is 9.10. The van der Waals surface area contributed by atoms with Crippen molar-refractivity contribution in [2.24, 2.45) is 17.1 Å². The van der Waals surface area contributed by atoms with Gasteiger partial charge in [-0.25, -0.2) is 0 Å². The molecule has 0 aromatic carbocycles. The van der Waals surface area contributed by atoms with E-state index in [-0.39, 0.29) is 11.8 Å². The van der Waals surface area contributed by atoms with Gasteiger partial charge in [0.05, 0.1) is 6.42 Å². The van der Waals surface area contributed by atoms with Crippen molar-refractivity contribution in [3.05, 3.63) is 0 Å². The first-order chi connectivity index (χ1) is 7.31. The van der Waals surface area contributed by atoms with E-state index in [2.05, 4.69) is 6.92 Å². The van der Waals surface area contributed by atoms with Gasteiger partial charge in [0.2, 0.25) is 0 Å². The van der Waals surface area contributed by atoms with Gasteiger partial charge in [-0.05, 0) is 38.0 Å². The summed E-state index contributed by atoms with van der Waals surface area (Å²) in [5.74, 6) is -0.0637. The second kappa shape index (κ2) is 4.74. The molecular formula is C13H25NO2. The van der Waals surface area contributed by atoms with Crippen molar-refractivity contribution in [1.82, 2.24) is 0 Å². The second-order valence-electron chi connectivity index (χ2n) is 5.94. The molecule has 0 aliphatic heterocycles. The predicted octanol–water partition coefficient (Wildman–Crippen LogP) is 2.79. The molecule has 1 aliphatic carbocycles. The molecule has 2 atom stereocenters. The molecule has 0 spiro atoms. The van der Waals surface area contributed by atoms with Gasteiger partial charge in [-0.15, -0.1) is 0 Å². The van der Waals surface area contributed by atoms with Crippen LogP contribution in [-0.2, 0) is 4.79 Å². The van der Waals surface area contributed by atoms with Crippen LogP contribution in [0.3, 0.4) is 0 Å². The fraction of sp³-hybridized carbons (Fsp3) is 0.923. The third kappa shape index (κ3) is 2.76. The highest BCUT2D eigenvalue weighted by molar-refractivity contribution is 5.68. The number of aliphatic carboxylic acids is 1. The topological polar surface area (TPSA) is 63.3 Å². The molecule has 3 nitrogen and oxygen atoms in total. The first-order valence-corrected chi connectivity index (χ1v) is 6.31. The van der Waals surface area contributed by atoms with Crippen molar-refractivity contribution in [2.75, 3.05) is 0 Å². The highest BCUT2D eigenvalue weighted by atomic mass is 16.4. The third-order valence-electron chi connectivity index (χ3n) is 4.38. The van der Waals surface area contributed by atoms with E-state index in [0.29, 0.717) is 5.92 Å². The first kappa shape index (κ1) is 13.5. The normalized spacial score (nSPS) is 31.4. The highest BCUT2D eigenvalue weighted by Gasteiger charge is 2.46. The SMILES string of the molecule is CCC1CCCC(CC(=O)O)(C(C)(C)N)C1. The molecule has 0 bridgehead atoms. The Morgan fingerprint density at radius 3 is 2.62 bits per heavy atom. The number of hydrogen-bond donors (Lipinski definition) is 2. The minimum Gasteiger partial charge on any atom is -0.481 e. The van der Waals surface area contributed by atoms with Crippen molar-refractivity contribution in [3.8, 4) is 0 Å². The molecule has 1 aliphatic rings. The molecule has 0 saturated heterocycles. The van der Waals surface area contributed by atoms with Gasteiger partial charge < -0.3 is 10.8 Å². The summed E-state index contributed by atoms with van der Waals surface area (Å²) in [6, 6.07) is 0. The van der Waals surface area contributed by atoms with E-state index in [4.69, 9.17) is 10.8 Å². The van der Waals surface area contributed by atoms with Gasteiger partial charge in [0.15, 0.2) is 0 Å². The van der Waals surface area contributed by atoms with E-state index in [9.17, 15) is 4.79 Å². The maximum Gasteiger partial charge on any atom is 0.303 e. The van der Waals surface area contributed by atoms with Gasteiger partial charge in [0.25, 0.3) is 0 Å². The molecular weight excluding hydrogens is 202 g/mol. The van der Waals surface area contributed by atoms with Crippen LogP contribution < -0.4 is 5.73 Å². The lowest BCUT2D eigenvalue weighted by Crippen LogP contribution is -2.54. The summed E-state index contributed by atoms with van der Waals surface area (Å²) >= 11 is 0. The highest BCUT2D eigenvalue weighted by Crippen LogP contribution is 2.49. The lowest BCUT2D eigenvalue weighted by molar-refractivity contribution is -0.142. The molecule has 0 aromatic rings. The number of carboxylic acids is 1. The fourth-order valence-corrected chi connectivity index (χ4v) is 3.10. The van der Waals surface area contributed by atoms with Crippen molar-refractivity contribution < 1.29 is 9.90 Å². The third-order valence-corrected chi connectivity index (χ3v) is 4.38. The molecule has 1 saturated carbocycles. The van der Waals surface area contributed by atoms with Crippen molar-refractivity contribution in [1.29, 1.82) is 0 Å². The maximum atomic E-state index is 11.1. The molecule has 94 valence electrons. The van der Waals surface area contributed by atoms with Crippen LogP contribution in [0.5, 0.6) is 0 Å². The summed E-state index contributed by atoms with van der Waals surface area (Å²) in [7, 11) is 0. The number of carboxylic acid groups (broad SMARTS) is 1. The zero-order valence-corrected chi connectivity index (χ0v) is 10.8. The van der Waals surface area contributed by atoms with Crippen LogP contribution in [-0.4, -0.2) is 16.6 Å². The summed E-state index contributed by atoms with van der Waals surface area (Å²) < 4.78 is 0. The van der Waals surface area contributed by atoms with E-state index in [1.165, 1.54) is 6.42 Å². The number of rotatable bonds is 4. The largest absolute Gasteiger partial charge is 0.481 e. The minimum atomic E-state index is -0.713. The summed E-state index contributed by atoms with van der Waals surface area (Å²) in [5.41, 5.74) is 5.63. The van der Waals surface area contributed by atoms with Crippen LogP contribution in [0, 0.1) is 11.3 Å². The Morgan fingerprint density at radius 1 is 1.56 bits per heavy atom. The zero-order valence-electron chi connectivity index (χ0n) is 10.8. The van der Waals surface area contributed by atoms with Crippen LogP contribution >= 0.6 is 0 Å². The molecule has 1 rings (SSSR count). The van der Waals surface area contributed by atoms with Crippen LogP contribution in [0.2, 0.25) is 0 Å². The van der Waals surface area contributed by atoms with Crippen LogP contribution in [0.25, 0.3) is 0 Å². The van der Waals surface area contributed by atoms with Gasteiger partial charge in [-0.2, -0.15) is 0 Å². The molecule has 0 heterocycles. The smallest absolute Gasteiger partial charge is 0.303 e. The monoisotopic (exact) mass is 227 g/mol. The number of nitrogens with two attached hydrogens (primary N) is 1. The number of hydrogen-bond acceptors (Lipinski definition) is 2. The second-order valence-corrected chi connectivity index (χ2v) is 5.94. The molecule has 1 fully saturated rings. The van der Waals surface area contributed by atoms with Gasteiger partial charge in [0, 0.05) is 5.54 Å². The fourth-order valence-electron chi connectivity index (χ4n) is 3.10.